The second-order valence-corrected chi connectivity index (χ2v) is 10.4. The van der Waals surface area contributed by atoms with Gasteiger partial charge >= 0.3 is 11.9 Å². The number of hydrogen-bond donors (Lipinski definition) is 0. The molecule has 0 aromatic heterocycles. The Morgan fingerprint density at radius 2 is 1.42 bits per heavy atom. The summed E-state index contributed by atoms with van der Waals surface area (Å²) in [4.78, 5) is 25.6. The van der Waals surface area contributed by atoms with Crippen LogP contribution in [0.2, 0.25) is 0 Å². The fourth-order valence-electron chi connectivity index (χ4n) is 7.52. The van der Waals surface area contributed by atoms with E-state index < -0.39 is 10.8 Å². The van der Waals surface area contributed by atoms with Crippen LogP contribution in [0.5, 0.6) is 0 Å². The summed E-state index contributed by atoms with van der Waals surface area (Å²) in [5, 5.41) is 0. The third kappa shape index (κ3) is 2.62. The summed E-state index contributed by atoms with van der Waals surface area (Å²) in [6, 6.07) is 0. The Morgan fingerprint density at radius 1 is 0.808 bits per heavy atom. The van der Waals surface area contributed by atoms with E-state index in [0.717, 1.165) is 25.7 Å². The molecule has 0 spiro atoms. The van der Waals surface area contributed by atoms with Gasteiger partial charge in [0.05, 0.1) is 25.0 Å². The van der Waals surface area contributed by atoms with Gasteiger partial charge in [0.25, 0.3) is 0 Å². The van der Waals surface area contributed by atoms with Crippen LogP contribution >= 0.6 is 0 Å². The van der Waals surface area contributed by atoms with Crippen LogP contribution in [0.4, 0.5) is 0 Å². The molecular weight excluding hydrogens is 328 g/mol. The van der Waals surface area contributed by atoms with E-state index >= 15 is 0 Å². The van der Waals surface area contributed by atoms with Gasteiger partial charge in [-0.1, -0.05) is 27.2 Å². The standard InChI is InChI=1S/C22H36O4/c1-19(2)10-7-11-21(4)15(19)9-13-22(18(24)26-6)14-20(3,17(23)25-5)12-8-16(21)22/h15-16H,7-14H2,1-6H3/t15-,16+,20?,21-,22+/m0/s1. The second-order valence-electron chi connectivity index (χ2n) is 10.4. The minimum absolute atomic E-state index is 0.111. The summed E-state index contributed by atoms with van der Waals surface area (Å²) < 4.78 is 10.4. The van der Waals surface area contributed by atoms with E-state index in [1.165, 1.54) is 33.5 Å². The maximum Gasteiger partial charge on any atom is 0.312 e. The van der Waals surface area contributed by atoms with Crippen molar-refractivity contribution in [1.29, 1.82) is 0 Å². The van der Waals surface area contributed by atoms with E-state index in [1.54, 1.807) is 0 Å². The average molecular weight is 365 g/mol. The minimum Gasteiger partial charge on any atom is -0.469 e. The maximum absolute atomic E-state index is 13.1. The number of ether oxygens (including phenoxy) is 2. The van der Waals surface area contributed by atoms with Crippen LogP contribution in [-0.2, 0) is 19.1 Å². The highest BCUT2D eigenvalue weighted by atomic mass is 16.5. The fraction of sp³-hybridized carbons (Fsp3) is 0.909. The molecule has 1 unspecified atom stereocenters. The lowest BCUT2D eigenvalue weighted by molar-refractivity contribution is -0.202. The van der Waals surface area contributed by atoms with Crippen molar-refractivity contribution in [1.82, 2.24) is 0 Å². The number of methoxy groups -OCH3 is 2. The van der Waals surface area contributed by atoms with E-state index in [9.17, 15) is 9.59 Å². The molecule has 148 valence electrons. The van der Waals surface area contributed by atoms with Crippen LogP contribution in [0.15, 0.2) is 0 Å². The van der Waals surface area contributed by atoms with Gasteiger partial charge in [0, 0.05) is 0 Å². The molecule has 5 atom stereocenters. The number of carbonyl (C=O) groups excluding carboxylic acids is 2. The smallest absolute Gasteiger partial charge is 0.312 e. The molecule has 0 N–H and O–H groups in total. The first-order valence-corrected chi connectivity index (χ1v) is 10.2. The first-order valence-electron chi connectivity index (χ1n) is 10.2. The molecule has 0 aromatic carbocycles. The van der Waals surface area contributed by atoms with Crippen molar-refractivity contribution >= 4 is 11.9 Å². The molecule has 0 radical (unpaired) electrons. The zero-order chi connectivity index (χ0) is 19.4. The lowest BCUT2D eigenvalue weighted by atomic mass is 9.39. The molecule has 3 rings (SSSR count). The van der Waals surface area contributed by atoms with Crippen LogP contribution in [0.25, 0.3) is 0 Å². The van der Waals surface area contributed by atoms with Crippen molar-refractivity contribution in [3.63, 3.8) is 0 Å². The van der Waals surface area contributed by atoms with Gasteiger partial charge < -0.3 is 9.47 Å². The third-order valence-electron chi connectivity index (χ3n) is 8.58. The van der Waals surface area contributed by atoms with Gasteiger partial charge in [-0.25, -0.2) is 0 Å². The molecule has 4 nitrogen and oxygen atoms in total. The summed E-state index contributed by atoms with van der Waals surface area (Å²) in [6.45, 7) is 9.20. The molecule has 0 heterocycles. The molecule has 0 aliphatic heterocycles. The summed E-state index contributed by atoms with van der Waals surface area (Å²) in [5.41, 5.74) is -0.675. The molecule has 0 saturated heterocycles. The zero-order valence-electron chi connectivity index (χ0n) is 17.4. The highest BCUT2D eigenvalue weighted by molar-refractivity contribution is 5.82. The number of fused-ring (bicyclic) bond motifs is 3. The predicted octanol–water partition coefficient (Wildman–Crippen LogP) is 4.75. The molecule has 0 amide bonds. The second kappa shape index (κ2) is 6.24. The number of carbonyl (C=O) groups is 2. The fourth-order valence-corrected chi connectivity index (χ4v) is 7.52. The van der Waals surface area contributed by atoms with Crippen LogP contribution in [0.1, 0.15) is 79.1 Å². The minimum atomic E-state index is -0.590. The van der Waals surface area contributed by atoms with Crippen molar-refractivity contribution in [2.24, 2.45) is 33.5 Å². The SMILES string of the molecule is COC(=O)C1(C)CC[C@H]2[C@@](C(=O)OC)(CC[C@H]3C(C)(C)CCC[C@@]32C)C1. The van der Waals surface area contributed by atoms with E-state index in [1.807, 2.05) is 6.92 Å². The highest BCUT2D eigenvalue weighted by Gasteiger charge is 2.66. The summed E-state index contributed by atoms with van der Waals surface area (Å²) in [6.07, 6.45) is 7.82. The molecule has 3 saturated carbocycles. The largest absolute Gasteiger partial charge is 0.469 e. The van der Waals surface area contributed by atoms with Crippen molar-refractivity contribution in [2.75, 3.05) is 14.2 Å². The highest BCUT2D eigenvalue weighted by Crippen LogP contribution is 2.69. The summed E-state index contributed by atoms with van der Waals surface area (Å²) in [7, 11) is 2.95. The summed E-state index contributed by atoms with van der Waals surface area (Å²) >= 11 is 0. The Hall–Kier alpha value is -1.06. The Balaban J connectivity index is 2.05. The lowest BCUT2D eigenvalue weighted by Gasteiger charge is -2.64. The molecule has 4 heteroatoms. The third-order valence-corrected chi connectivity index (χ3v) is 8.58. The van der Waals surface area contributed by atoms with Crippen LogP contribution in [-0.4, -0.2) is 26.2 Å². The van der Waals surface area contributed by atoms with Crippen LogP contribution in [0.3, 0.4) is 0 Å². The molecule has 3 aliphatic carbocycles. The normalized spacial score (nSPS) is 44.4. The zero-order valence-corrected chi connectivity index (χ0v) is 17.4. The van der Waals surface area contributed by atoms with Gasteiger partial charge in [-0.05, 0) is 74.5 Å². The molecule has 0 bridgehead atoms. The maximum atomic E-state index is 13.1. The average Bonchev–Trinajstić information content (AvgIpc) is 2.58. The predicted molar refractivity (Wildman–Crippen MR) is 100 cm³/mol. The van der Waals surface area contributed by atoms with E-state index in [-0.39, 0.29) is 17.4 Å². The molecule has 26 heavy (non-hydrogen) atoms. The quantitative estimate of drug-likeness (QED) is 0.663. The Kier molecular flexibility index (Phi) is 4.73. The van der Waals surface area contributed by atoms with Gasteiger partial charge in [0.1, 0.15) is 0 Å². The van der Waals surface area contributed by atoms with Gasteiger partial charge in [0.15, 0.2) is 0 Å². The van der Waals surface area contributed by atoms with E-state index in [4.69, 9.17) is 9.47 Å². The lowest BCUT2D eigenvalue weighted by Crippen LogP contribution is -2.61. The topological polar surface area (TPSA) is 52.6 Å². The number of hydrogen-bond acceptors (Lipinski definition) is 4. The number of rotatable bonds is 2. The Labute approximate surface area is 158 Å². The Morgan fingerprint density at radius 3 is 2.04 bits per heavy atom. The molecule has 3 aliphatic rings. The number of esters is 2. The van der Waals surface area contributed by atoms with Gasteiger partial charge in [-0.3, -0.25) is 9.59 Å². The van der Waals surface area contributed by atoms with Crippen LogP contribution in [0, 0.1) is 33.5 Å². The summed E-state index contributed by atoms with van der Waals surface area (Å²) in [5.74, 6) is 0.628. The monoisotopic (exact) mass is 364 g/mol. The van der Waals surface area contributed by atoms with Gasteiger partial charge in [-0.15, -0.1) is 0 Å². The first-order chi connectivity index (χ1) is 12.1. The van der Waals surface area contributed by atoms with Gasteiger partial charge in [0.2, 0.25) is 0 Å². The molecule has 3 fully saturated rings. The Bertz CT molecular complexity index is 597. The van der Waals surface area contributed by atoms with Crippen LogP contribution < -0.4 is 0 Å². The van der Waals surface area contributed by atoms with Crippen molar-refractivity contribution in [3.05, 3.63) is 0 Å². The van der Waals surface area contributed by atoms with E-state index in [2.05, 4.69) is 20.8 Å². The van der Waals surface area contributed by atoms with E-state index in [0.29, 0.717) is 23.7 Å². The first kappa shape index (κ1) is 19.7. The van der Waals surface area contributed by atoms with Crippen molar-refractivity contribution in [2.45, 2.75) is 79.1 Å². The van der Waals surface area contributed by atoms with Crippen molar-refractivity contribution < 1.29 is 19.1 Å². The molecular formula is C22H36O4. The molecule has 0 aromatic rings. The van der Waals surface area contributed by atoms with Crippen molar-refractivity contribution in [3.8, 4) is 0 Å². The van der Waals surface area contributed by atoms with Gasteiger partial charge in [-0.2, -0.15) is 0 Å².